The first-order valence-electron chi connectivity index (χ1n) is 23.1. The molecular formula is C65H42N2. The van der Waals surface area contributed by atoms with Crippen LogP contribution < -0.4 is 0 Å². The van der Waals surface area contributed by atoms with Gasteiger partial charge in [0.25, 0.3) is 0 Å². The summed E-state index contributed by atoms with van der Waals surface area (Å²) in [5.41, 5.74) is 23.5. The molecule has 0 amide bonds. The number of rotatable bonds is 6. The summed E-state index contributed by atoms with van der Waals surface area (Å²) in [5, 5.41) is 0. The first-order valence-corrected chi connectivity index (χ1v) is 23.1. The predicted octanol–water partition coefficient (Wildman–Crippen LogP) is 16.5. The lowest BCUT2D eigenvalue weighted by molar-refractivity contribution is 0.775. The van der Waals surface area contributed by atoms with Crippen LogP contribution in [-0.2, 0) is 5.41 Å². The quantitative estimate of drug-likeness (QED) is 0.167. The van der Waals surface area contributed by atoms with Crippen LogP contribution in [0.15, 0.2) is 255 Å². The highest BCUT2D eigenvalue weighted by molar-refractivity contribution is 5.98. The van der Waals surface area contributed by atoms with Crippen LogP contribution in [0.1, 0.15) is 22.3 Å². The number of hydrogen-bond acceptors (Lipinski definition) is 2. The molecule has 2 aliphatic rings. The van der Waals surface area contributed by atoms with E-state index in [9.17, 15) is 0 Å². The highest BCUT2D eigenvalue weighted by atomic mass is 14.9. The third-order valence-corrected chi connectivity index (χ3v) is 13.9. The van der Waals surface area contributed by atoms with E-state index in [1.165, 1.54) is 61.2 Å². The molecule has 0 unspecified atom stereocenters. The van der Waals surface area contributed by atoms with Gasteiger partial charge in [0.1, 0.15) is 0 Å². The van der Waals surface area contributed by atoms with Crippen LogP contribution in [0.4, 0.5) is 0 Å². The van der Waals surface area contributed by atoms with Crippen molar-refractivity contribution in [1.82, 2.24) is 9.97 Å². The van der Waals surface area contributed by atoms with Gasteiger partial charge in [-0.2, -0.15) is 0 Å². The fourth-order valence-corrected chi connectivity index (χ4v) is 10.9. The zero-order valence-electron chi connectivity index (χ0n) is 36.6. The second kappa shape index (κ2) is 15.8. The van der Waals surface area contributed by atoms with Crippen molar-refractivity contribution >= 4 is 0 Å². The van der Waals surface area contributed by atoms with Crippen LogP contribution in [0.25, 0.3) is 101 Å². The Balaban J connectivity index is 1.08. The Bertz CT molecular complexity index is 3560. The Morgan fingerprint density at radius 2 is 0.552 bits per heavy atom. The maximum absolute atomic E-state index is 5.59. The molecule has 0 N–H and O–H groups in total. The SMILES string of the molecule is c1ccc(-c2ccc(-c3cc(-c4cc(-c5ccccc5)cc(-c5ccccc5)c4)nc(-c4ccc5c(c4)C4(c6ccccc6-c6ccccc6-5)c5ccccc5-c5ccccc54)n3)cc2)cc1. The normalized spacial score (nSPS) is 12.6. The van der Waals surface area contributed by atoms with Gasteiger partial charge in [-0.3, -0.25) is 0 Å². The van der Waals surface area contributed by atoms with Crippen LogP contribution in [0.3, 0.4) is 0 Å². The molecule has 0 fully saturated rings. The molecule has 1 heterocycles. The van der Waals surface area contributed by atoms with Crippen molar-refractivity contribution in [3.8, 4) is 101 Å². The van der Waals surface area contributed by atoms with Crippen molar-refractivity contribution in [1.29, 1.82) is 0 Å². The molecule has 67 heavy (non-hydrogen) atoms. The highest BCUT2D eigenvalue weighted by Crippen LogP contribution is 2.61. The number of aromatic nitrogens is 2. The smallest absolute Gasteiger partial charge is 0.160 e. The second-order valence-corrected chi connectivity index (χ2v) is 17.6. The van der Waals surface area contributed by atoms with Gasteiger partial charge in [-0.15, -0.1) is 0 Å². The third kappa shape index (κ3) is 6.33. The zero-order chi connectivity index (χ0) is 44.3. The van der Waals surface area contributed by atoms with E-state index >= 15 is 0 Å². The van der Waals surface area contributed by atoms with Gasteiger partial charge in [0.2, 0.25) is 0 Å². The van der Waals surface area contributed by atoms with Gasteiger partial charge in [0.05, 0.1) is 16.8 Å². The van der Waals surface area contributed by atoms with E-state index in [0.29, 0.717) is 5.82 Å². The average Bonchev–Trinajstić information content (AvgIpc) is 3.66. The number of hydrogen-bond donors (Lipinski definition) is 0. The molecule has 2 aliphatic carbocycles. The van der Waals surface area contributed by atoms with Gasteiger partial charge in [-0.1, -0.05) is 224 Å². The summed E-state index contributed by atoms with van der Waals surface area (Å²) in [6, 6.07) is 92.6. The van der Waals surface area contributed by atoms with Crippen LogP contribution in [0.5, 0.6) is 0 Å². The van der Waals surface area contributed by atoms with Gasteiger partial charge >= 0.3 is 0 Å². The molecule has 2 nitrogen and oxygen atoms in total. The van der Waals surface area contributed by atoms with E-state index < -0.39 is 5.41 Å². The summed E-state index contributed by atoms with van der Waals surface area (Å²) in [6.45, 7) is 0. The molecule has 1 aromatic heterocycles. The van der Waals surface area contributed by atoms with Crippen molar-refractivity contribution in [2.24, 2.45) is 0 Å². The molecule has 0 atom stereocenters. The Morgan fingerprint density at radius 3 is 1.06 bits per heavy atom. The molecule has 0 radical (unpaired) electrons. The van der Waals surface area contributed by atoms with Crippen molar-refractivity contribution in [3.63, 3.8) is 0 Å². The molecular weight excluding hydrogens is 809 g/mol. The van der Waals surface area contributed by atoms with E-state index in [1.807, 2.05) is 0 Å². The minimum absolute atomic E-state index is 0.615. The molecule has 10 aromatic carbocycles. The number of benzene rings is 10. The number of fused-ring (bicyclic) bond motifs is 12. The maximum atomic E-state index is 5.59. The van der Waals surface area contributed by atoms with Crippen LogP contribution >= 0.6 is 0 Å². The Hall–Kier alpha value is -8.72. The van der Waals surface area contributed by atoms with Crippen molar-refractivity contribution in [2.75, 3.05) is 0 Å². The molecule has 0 bridgehead atoms. The standard InChI is InChI=1S/C65H42N2/c1-4-18-43(19-5-1)46-32-34-47(35-33-46)62-42-63(51-39-49(44-20-6-2-7-21-44)38-50(40-51)45-22-8-3-9-23-45)67-64(66-62)48-36-37-57-53-25-11-10-24-52(53)54-26-12-15-29-58(54)65(61(57)41-48)59-30-16-13-27-55(59)56-28-14-17-31-60(56)65/h1-42H. The molecule has 2 heteroatoms. The fourth-order valence-electron chi connectivity index (χ4n) is 10.9. The first-order chi connectivity index (χ1) is 33.2. The summed E-state index contributed by atoms with van der Waals surface area (Å²) < 4.78 is 0. The molecule has 312 valence electrons. The lowest BCUT2D eigenvalue weighted by Crippen LogP contribution is -2.29. The third-order valence-electron chi connectivity index (χ3n) is 13.9. The largest absolute Gasteiger partial charge is 0.228 e. The monoisotopic (exact) mass is 850 g/mol. The molecule has 0 aliphatic heterocycles. The van der Waals surface area contributed by atoms with Crippen molar-refractivity contribution in [3.05, 3.63) is 277 Å². The summed E-state index contributed by atoms with van der Waals surface area (Å²) in [7, 11) is 0. The highest BCUT2D eigenvalue weighted by Gasteiger charge is 2.49. The summed E-state index contributed by atoms with van der Waals surface area (Å²) >= 11 is 0. The van der Waals surface area contributed by atoms with Crippen molar-refractivity contribution < 1.29 is 0 Å². The van der Waals surface area contributed by atoms with Gasteiger partial charge in [0.15, 0.2) is 5.82 Å². The van der Waals surface area contributed by atoms with E-state index in [4.69, 9.17) is 9.97 Å². The molecule has 13 rings (SSSR count). The van der Waals surface area contributed by atoms with Crippen LogP contribution in [0.2, 0.25) is 0 Å². The van der Waals surface area contributed by atoms with E-state index in [-0.39, 0.29) is 0 Å². The van der Waals surface area contributed by atoms with E-state index in [0.717, 1.165) is 55.9 Å². The summed E-state index contributed by atoms with van der Waals surface area (Å²) in [4.78, 5) is 11.1. The number of nitrogens with zero attached hydrogens (tertiary/aromatic N) is 2. The maximum Gasteiger partial charge on any atom is 0.160 e. The lowest BCUT2D eigenvalue weighted by atomic mass is 9.65. The lowest BCUT2D eigenvalue weighted by Gasteiger charge is -2.35. The summed E-state index contributed by atoms with van der Waals surface area (Å²) in [6.07, 6.45) is 0. The zero-order valence-corrected chi connectivity index (χ0v) is 36.6. The average molecular weight is 851 g/mol. The minimum Gasteiger partial charge on any atom is -0.228 e. The Morgan fingerprint density at radius 1 is 0.209 bits per heavy atom. The fraction of sp³-hybridized carbons (Fsp3) is 0.0154. The van der Waals surface area contributed by atoms with Gasteiger partial charge in [0, 0.05) is 16.7 Å². The molecule has 0 saturated carbocycles. The Labute approximate surface area is 391 Å². The van der Waals surface area contributed by atoms with Crippen LogP contribution in [0, 0.1) is 0 Å². The first kappa shape index (κ1) is 38.7. The van der Waals surface area contributed by atoms with Gasteiger partial charge in [-0.05, 0) is 119 Å². The topological polar surface area (TPSA) is 25.8 Å². The van der Waals surface area contributed by atoms with Crippen LogP contribution in [-0.4, -0.2) is 9.97 Å². The van der Waals surface area contributed by atoms with E-state index in [2.05, 4.69) is 255 Å². The van der Waals surface area contributed by atoms with Gasteiger partial charge in [-0.25, -0.2) is 9.97 Å². The van der Waals surface area contributed by atoms with E-state index in [1.54, 1.807) is 0 Å². The second-order valence-electron chi connectivity index (χ2n) is 17.6. The van der Waals surface area contributed by atoms with Crippen molar-refractivity contribution in [2.45, 2.75) is 5.41 Å². The molecule has 11 aromatic rings. The Kier molecular flexibility index (Phi) is 9.11. The summed E-state index contributed by atoms with van der Waals surface area (Å²) in [5.74, 6) is 0.675. The minimum atomic E-state index is -0.615. The molecule has 0 saturated heterocycles. The van der Waals surface area contributed by atoms with Gasteiger partial charge < -0.3 is 0 Å². The predicted molar refractivity (Wildman–Crippen MR) is 276 cm³/mol. The molecule has 1 spiro atoms.